The van der Waals surface area contributed by atoms with E-state index in [-0.39, 0.29) is 11.9 Å². The number of carbonyl (C=O) groups excluding carboxylic acids is 2. The van der Waals surface area contributed by atoms with Crippen LogP contribution in [0.1, 0.15) is 41.0 Å². The van der Waals surface area contributed by atoms with Gasteiger partial charge in [-0.1, -0.05) is 0 Å². The summed E-state index contributed by atoms with van der Waals surface area (Å²) in [5.74, 6) is 0.545. The van der Waals surface area contributed by atoms with Crippen LogP contribution < -0.4 is 19.6 Å². The molecule has 1 aromatic carbocycles. The minimum atomic E-state index is -0.437. The van der Waals surface area contributed by atoms with Crippen LogP contribution in [-0.4, -0.2) is 36.6 Å². The van der Waals surface area contributed by atoms with Crippen molar-refractivity contribution in [2.75, 3.05) is 14.2 Å². The zero-order valence-electron chi connectivity index (χ0n) is 15.8. The van der Waals surface area contributed by atoms with Gasteiger partial charge in [0.1, 0.15) is 6.04 Å². The number of thiazole rings is 1. The Bertz CT molecular complexity index is 927. The molecule has 1 saturated carbocycles. The van der Waals surface area contributed by atoms with Gasteiger partial charge in [0.15, 0.2) is 16.3 Å². The monoisotopic (exact) mass is 389 g/mol. The van der Waals surface area contributed by atoms with Crippen molar-refractivity contribution in [3.63, 3.8) is 0 Å². The first-order valence-corrected chi connectivity index (χ1v) is 9.54. The van der Waals surface area contributed by atoms with Gasteiger partial charge >= 0.3 is 0 Å². The molecule has 7 nitrogen and oxygen atoms in total. The molecule has 2 amide bonds. The van der Waals surface area contributed by atoms with Crippen molar-refractivity contribution in [3.8, 4) is 11.5 Å². The van der Waals surface area contributed by atoms with Gasteiger partial charge in [-0.25, -0.2) is 0 Å². The van der Waals surface area contributed by atoms with E-state index in [0.29, 0.717) is 21.9 Å². The summed E-state index contributed by atoms with van der Waals surface area (Å²) in [5.41, 5.74) is 0.389. The first-order valence-electron chi connectivity index (χ1n) is 8.73. The number of methoxy groups -OCH3 is 2. The van der Waals surface area contributed by atoms with Crippen molar-refractivity contribution in [2.24, 2.45) is 4.99 Å². The van der Waals surface area contributed by atoms with Crippen molar-refractivity contribution < 1.29 is 19.1 Å². The molecule has 1 aliphatic carbocycles. The third kappa shape index (κ3) is 4.39. The van der Waals surface area contributed by atoms with Crippen molar-refractivity contribution in [1.82, 2.24) is 9.88 Å². The molecule has 1 atom stereocenters. The highest BCUT2D eigenvalue weighted by Crippen LogP contribution is 2.27. The Kier molecular flexibility index (Phi) is 5.65. The van der Waals surface area contributed by atoms with Crippen LogP contribution in [0.2, 0.25) is 0 Å². The van der Waals surface area contributed by atoms with E-state index in [0.717, 1.165) is 17.7 Å². The largest absolute Gasteiger partial charge is 0.493 e. The average molecular weight is 389 g/mol. The number of aryl methyl sites for hydroxylation is 1. The number of benzene rings is 1. The second kappa shape index (κ2) is 7.96. The lowest BCUT2D eigenvalue weighted by Gasteiger charge is -2.13. The zero-order chi connectivity index (χ0) is 19.6. The van der Waals surface area contributed by atoms with Crippen LogP contribution in [0.15, 0.2) is 29.4 Å². The van der Waals surface area contributed by atoms with Gasteiger partial charge in [0, 0.05) is 22.7 Å². The molecule has 1 unspecified atom stereocenters. The maximum absolute atomic E-state index is 12.7. The third-order valence-corrected chi connectivity index (χ3v) is 5.25. The van der Waals surface area contributed by atoms with Gasteiger partial charge in [0.05, 0.1) is 14.2 Å². The lowest BCUT2D eigenvalue weighted by atomic mass is 10.2. The summed E-state index contributed by atoms with van der Waals surface area (Å²) in [6, 6.07) is 4.75. The molecule has 2 aromatic rings. The summed E-state index contributed by atoms with van der Waals surface area (Å²) < 4.78 is 12.2. The van der Waals surface area contributed by atoms with Crippen LogP contribution in [0.4, 0.5) is 0 Å². The van der Waals surface area contributed by atoms with Crippen molar-refractivity contribution >= 4 is 23.2 Å². The van der Waals surface area contributed by atoms with Gasteiger partial charge in [-0.15, -0.1) is 11.3 Å². The molecule has 0 saturated heterocycles. The fraction of sp³-hybridized carbons (Fsp3) is 0.421. The highest BCUT2D eigenvalue weighted by atomic mass is 32.1. The maximum atomic E-state index is 12.7. The molecule has 0 aliphatic heterocycles. The molecule has 1 fully saturated rings. The van der Waals surface area contributed by atoms with Crippen LogP contribution in [0.3, 0.4) is 0 Å². The second-order valence-corrected chi connectivity index (χ2v) is 7.69. The molecule has 1 N–H and O–H groups in total. The molecule has 3 rings (SSSR count). The summed E-state index contributed by atoms with van der Waals surface area (Å²) in [5, 5.41) is 2.99. The Morgan fingerprint density at radius 3 is 2.59 bits per heavy atom. The van der Waals surface area contributed by atoms with Gasteiger partial charge in [-0.2, -0.15) is 4.99 Å². The van der Waals surface area contributed by atoms with E-state index in [9.17, 15) is 9.59 Å². The number of nitrogens with one attached hydrogen (secondary N) is 1. The quantitative estimate of drug-likeness (QED) is 0.823. The molecule has 27 heavy (non-hydrogen) atoms. The zero-order valence-corrected chi connectivity index (χ0v) is 16.6. The maximum Gasteiger partial charge on any atom is 0.279 e. The smallest absolute Gasteiger partial charge is 0.279 e. The SMILES string of the molecule is COc1ccc(C(=O)N=c2sc(C)cn2C(C)C(=O)NC2CC2)cc1OC. The highest BCUT2D eigenvalue weighted by molar-refractivity contribution is 7.09. The van der Waals surface area contributed by atoms with Crippen molar-refractivity contribution in [1.29, 1.82) is 0 Å². The number of amides is 2. The Hall–Kier alpha value is -2.61. The molecular weight excluding hydrogens is 366 g/mol. The van der Waals surface area contributed by atoms with E-state index >= 15 is 0 Å². The number of rotatable bonds is 6. The first kappa shape index (κ1) is 19.2. The molecule has 1 aliphatic rings. The number of aromatic nitrogens is 1. The normalized spacial score (nSPS) is 15.3. The molecule has 0 spiro atoms. The predicted molar refractivity (Wildman–Crippen MR) is 102 cm³/mol. The van der Waals surface area contributed by atoms with Gasteiger partial charge in [0.25, 0.3) is 5.91 Å². The minimum Gasteiger partial charge on any atom is -0.493 e. The molecule has 1 heterocycles. The fourth-order valence-electron chi connectivity index (χ4n) is 2.63. The molecule has 1 aromatic heterocycles. The summed E-state index contributed by atoms with van der Waals surface area (Å²) in [6.45, 7) is 3.73. The van der Waals surface area contributed by atoms with E-state index in [1.54, 1.807) is 22.8 Å². The summed E-state index contributed by atoms with van der Waals surface area (Å²) in [6.07, 6.45) is 3.91. The van der Waals surface area contributed by atoms with Crippen LogP contribution >= 0.6 is 11.3 Å². The number of carbonyl (C=O) groups is 2. The Morgan fingerprint density at radius 2 is 1.96 bits per heavy atom. The number of ether oxygens (including phenoxy) is 2. The molecule has 0 radical (unpaired) electrons. The molecule has 0 bridgehead atoms. The van der Waals surface area contributed by atoms with E-state index in [1.165, 1.54) is 25.6 Å². The van der Waals surface area contributed by atoms with E-state index in [1.807, 2.05) is 20.0 Å². The topological polar surface area (TPSA) is 81.9 Å². The molecule has 144 valence electrons. The predicted octanol–water partition coefficient (Wildman–Crippen LogP) is 2.46. The van der Waals surface area contributed by atoms with Crippen LogP contribution in [-0.2, 0) is 4.79 Å². The van der Waals surface area contributed by atoms with E-state index in [2.05, 4.69) is 10.3 Å². The lowest BCUT2D eigenvalue weighted by Crippen LogP contribution is -2.35. The van der Waals surface area contributed by atoms with Gasteiger partial charge in [0.2, 0.25) is 5.91 Å². The third-order valence-electron chi connectivity index (χ3n) is 4.34. The summed E-state index contributed by atoms with van der Waals surface area (Å²) >= 11 is 1.37. The Balaban J connectivity index is 1.90. The van der Waals surface area contributed by atoms with E-state index in [4.69, 9.17) is 9.47 Å². The van der Waals surface area contributed by atoms with Crippen LogP contribution in [0.5, 0.6) is 11.5 Å². The van der Waals surface area contributed by atoms with E-state index < -0.39 is 11.9 Å². The van der Waals surface area contributed by atoms with Crippen molar-refractivity contribution in [2.45, 2.75) is 38.8 Å². The number of hydrogen-bond donors (Lipinski definition) is 1. The number of nitrogens with zero attached hydrogens (tertiary/aromatic N) is 2. The van der Waals surface area contributed by atoms with Gasteiger partial charge in [-0.05, 0) is 44.9 Å². The summed E-state index contributed by atoms with van der Waals surface area (Å²) in [4.78, 5) is 30.7. The summed E-state index contributed by atoms with van der Waals surface area (Å²) in [7, 11) is 3.05. The van der Waals surface area contributed by atoms with Crippen LogP contribution in [0.25, 0.3) is 0 Å². The van der Waals surface area contributed by atoms with Gasteiger partial charge < -0.3 is 19.4 Å². The fourth-order valence-corrected chi connectivity index (χ4v) is 3.53. The highest BCUT2D eigenvalue weighted by Gasteiger charge is 2.26. The average Bonchev–Trinajstić information content (AvgIpc) is 3.40. The molecular formula is C19H23N3O4S. The van der Waals surface area contributed by atoms with Gasteiger partial charge in [-0.3, -0.25) is 9.59 Å². The standard InChI is InChI=1S/C19H23N3O4S/c1-11-10-22(12(2)17(23)20-14-6-7-14)19(27-11)21-18(24)13-5-8-15(25-3)16(9-13)26-4/h5,8-10,12,14H,6-7H2,1-4H3,(H,20,23). The number of hydrogen-bond acceptors (Lipinski definition) is 5. The van der Waals surface area contributed by atoms with Crippen LogP contribution in [0, 0.1) is 6.92 Å². The Morgan fingerprint density at radius 1 is 1.26 bits per heavy atom. The van der Waals surface area contributed by atoms with Crippen molar-refractivity contribution in [3.05, 3.63) is 39.6 Å². The Labute approximate surface area is 161 Å². The second-order valence-electron chi connectivity index (χ2n) is 6.48. The lowest BCUT2D eigenvalue weighted by molar-refractivity contribution is -0.124. The minimum absolute atomic E-state index is 0.0599. The first-order chi connectivity index (χ1) is 12.9. The molecule has 8 heteroatoms.